The highest BCUT2D eigenvalue weighted by atomic mass is 35.5. The third-order valence-corrected chi connectivity index (χ3v) is 5.33. The number of hydrogen-bond donors (Lipinski definition) is 3. The third kappa shape index (κ3) is 3.34. The molecule has 1 saturated carbocycles. The molecule has 1 aliphatic rings. The van der Waals surface area contributed by atoms with E-state index in [-0.39, 0.29) is 0 Å². The Labute approximate surface area is 152 Å². The first-order chi connectivity index (χ1) is 12.2. The summed E-state index contributed by atoms with van der Waals surface area (Å²) in [5, 5.41) is 8.52. The van der Waals surface area contributed by atoms with E-state index in [9.17, 15) is 0 Å². The first-order valence-electron chi connectivity index (χ1n) is 8.77. The summed E-state index contributed by atoms with van der Waals surface area (Å²) in [6.45, 7) is 0. The zero-order chi connectivity index (χ0) is 17.2. The van der Waals surface area contributed by atoms with Crippen molar-refractivity contribution in [2.45, 2.75) is 37.8 Å². The molecule has 1 aliphatic carbocycles. The molecule has 130 valence electrons. The van der Waals surface area contributed by atoms with Crippen LogP contribution in [0.5, 0.6) is 0 Å². The van der Waals surface area contributed by atoms with Crippen molar-refractivity contribution >= 4 is 28.5 Å². The average molecular weight is 356 g/mol. The molecule has 0 atom stereocenters. The Balaban J connectivity index is 1.59. The van der Waals surface area contributed by atoms with Crippen LogP contribution in [0, 0.1) is 0 Å². The fraction of sp³-hybridized carbons (Fsp3) is 0.368. The third-order valence-electron chi connectivity index (χ3n) is 5.06. The molecule has 0 saturated heterocycles. The number of fused-ring (bicyclic) bond motifs is 1. The number of anilines is 1. The van der Waals surface area contributed by atoms with E-state index in [4.69, 9.17) is 16.6 Å². The summed E-state index contributed by atoms with van der Waals surface area (Å²) in [5.74, 6) is 0.651. The molecule has 3 aromatic rings. The number of aromatic amines is 1. The van der Waals surface area contributed by atoms with Crippen LogP contribution in [-0.4, -0.2) is 34.1 Å². The van der Waals surface area contributed by atoms with E-state index < -0.39 is 0 Å². The number of aromatic nitrogens is 3. The second-order valence-corrected chi connectivity index (χ2v) is 7.03. The number of nitrogens with zero attached hydrogens (tertiary/aromatic N) is 2. The Morgan fingerprint density at radius 3 is 2.68 bits per heavy atom. The molecule has 25 heavy (non-hydrogen) atoms. The predicted molar refractivity (Wildman–Crippen MR) is 103 cm³/mol. The minimum absolute atomic E-state index is 0.418. The summed E-state index contributed by atoms with van der Waals surface area (Å²) >= 11 is 6.39. The molecular formula is C19H22ClN5. The summed E-state index contributed by atoms with van der Waals surface area (Å²) in [6.07, 6.45) is 8.25. The van der Waals surface area contributed by atoms with Gasteiger partial charge in [-0.25, -0.2) is 9.97 Å². The van der Waals surface area contributed by atoms with Crippen LogP contribution in [0.15, 0.2) is 36.7 Å². The highest BCUT2D eigenvalue weighted by Gasteiger charge is 2.21. The van der Waals surface area contributed by atoms with Crippen molar-refractivity contribution in [2.24, 2.45) is 0 Å². The molecule has 1 aromatic carbocycles. The highest BCUT2D eigenvalue weighted by molar-refractivity contribution is 6.33. The summed E-state index contributed by atoms with van der Waals surface area (Å²) in [4.78, 5) is 12.4. The van der Waals surface area contributed by atoms with E-state index in [0.29, 0.717) is 23.1 Å². The van der Waals surface area contributed by atoms with E-state index in [1.54, 1.807) is 6.20 Å². The fourth-order valence-electron chi connectivity index (χ4n) is 3.60. The standard InChI is InChI=1S/C19H22ClN5/c1-21-12-6-8-13(9-7-12)24-19-23-11-16(20)18(25-19)15-10-22-17-5-3-2-4-14(15)17/h2-5,10-13,21-22H,6-9H2,1H3,(H,23,24,25). The molecular weight excluding hydrogens is 334 g/mol. The van der Waals surface area contributed by atoms with Crippen LogP contribution in [0.3, 0.4) is 0 Å². The predicted octanol–water partition coefficient (Wildman–Crippen LogP) is 4.22. The Morgan fingerprint density at radius 1 is 1.12 bits per heavy atom. The maximum absolute atomic E-state index is 6.39. The number of hydrogen-bond acceptors (Lipinski definition) is 4. The normalized spacial score (nSPS) is 20.7. The Hall–Kier alpha value is -2.11. The zero-order valence-corrected chi connectivity index (χ0v) is 15.0. The van der Waals surface area contributed by atoms with Crippen molar-refractivity contribution in [3.63, 3.8) is 0 Å². The molecule has 0 bridgehead atoms. The zero-order valence-electron chi connectivity index (χ0n) is 14.2. The van der Waals surface area contributed by atoms with Gasteiger partial charge in [0.05, 0.1) is 16.9 Å². The molecule has 0 amide bonds. The van der Waals surface area contributed by atoms with Crippen molar-refractivity contribution in [1.29, 1.82) is 0 Å². The van der Waals surface area contributed by atoms with Gasteiger partial charge in [0.15, 0.2) is 0 Å². The van der Waals surface area contributed by atoms with E-state index in [1.165, 1.54) is 12.8 Å². The molecule has 5 nitrogen and oxygen atoms in total. The Morgan fingerprint density at radius 2 is 1.88 bits per heavy atom. The smallest absolute Gasteiger partial charge is 0.223 e. The average Bonchev–Trinajstić information content (AvgIpc) is 3.08. The lowest BCUT2D eigenvalue weighted by Gasteiger charge is -2.28. The highest BCUT2D eigenvalue weighted by Crippen LogP contribution is 2.32. The van der Waals surface area contributed by atoms with Gasteiger partial charge in [-0.15, -0.1) is 0 Å². The lowest BCUT2D eigenvalue weighted by molar-refractivity contribution is 0.370. The van der Waals surface area contributed by atoms with Gasteiger partial charge in [0.2, 0.25) is 5.95 Å². The van der Waals surface area contributed by atoms with Gasteiger partial charge in [0.1, 0.15) is 0 Å². The van der Waals surface area contributed by atoms with E-state index in [0.717, 1.165) is 35.0 Å². The molecule has 4 rings (SSSR count). The van der Waals surface area contributed by atoms with Gasteiger partial charge in [0, 0.05) is 34.7 Å². The maximum atomic E-state index is 6.39. The van der Waals surface area contributed by atoms with Gasteiger partial charge in [0.25, 0.3) is 0 Å². The summed E-state index contributed by atoms with van der Waals surface area (Å²) in [5.41, 5.74) is 2.84. The molecule has 0 aliphatic heterocycles. The van der Waals surface area contributed by atoms with Crippen LogP contribution in [-0.2, 0) is 0 Å². The summed E-state index contributed by atoms with van der Waals surface area (Å²) in [6, 6.07) is 9.21. The van der Waals surface area contributed by atoms with E-state index in [2.05, 4.69) is 26.7 Å². The van der Waals surface area contributed by atoms with Gasteiger partial charge in [-0.2, -0.15) is 0 Å². The molecule has 6 heteroatoms. The number of H-pyrrole nitrogens is 1. The van der Waals surface area contributed by atoms with Crippen LogP contribution in [0.4, 0.5) is 5.95 Å². The van der Waals surface area contributed by atoms with E-state index in [1.807, 2.05) is 31.4 Å². The molecule has 1 fully saturated rings. The minimum Gasteiger partial charge on any atom is -0.360 e. The van der Waals surface area contributed by atoms with Gasteiger partial charge < -0.3 is 15.6 Å². The molecule has 3 N–H and O–H groups in total. The number of benzene rings is 1. The summed E-state index contributed by atoms with van der Waals surface area (Å²) < 4.78 is 0. The number of para-hydroxylation sites is 1. The number of halogens is 1. The first-order valence-corrected chi connectivity index (χ1v) is 9.15. The monoisotopic (exact) mass is 355 g/mol. The van der Waals surface area contributed by atoms with Gasteiger partial charge in [-0.1, -0.05) is 29.8 Å². The van der Waals surface area contributed by atoms with Gasteiger partial charge in [-0.05, 0) is 38.8 Å². The topological polar surface area (TPSA) is 65.6 Å². The summed E-state index contributed by atoms with van der Waals surface area (Å²) in [7, 11) is 2.04. The van der Waals surface area contributed by atoms with Gasteiger partial charge >= 0.3 is 0 Å². The SMILES string of the molecule is CNC1CCC(Nc2ncc(Cl)c(-c3c[nH]c4ccccc34)n2)CC1. The fourth-order valence-corrected chi connectivity index (χ4v) is 3.79. The van der Waals surface area contributed by atoms with Crippen LogP contribution >= 0.6 is 11.6 Å². The lowest BCUT2D eigenvalue weighted by atomic mass is 9.91. The minimum atomic E-state index is 0.418. The second kappa shape index (κ2) is 7.02. The van der Waals surface area contributed by atoms with Crippen LogP contribution in [0.25, 0.3) is 22.2 Å². The number of nitrogens with one attached hydrogen (secondary N) is 3. The second-order valence-electron chi connectivity index (χ2n) is 6.62. The quantitative estimate of drug-likeness (QED) is 0.655. The maximum Gasteiger partial charge on any atom is 0.223 e. The van der Waals surface area contributed by atoms with Crippen LogP contribution in [0.2, 0.25) is 5.02 Å². The molecule has 0 unspecified atom stereocenters. The van der Waals surface area contributed by atoms with Crippen molar-refractivity contribution < 1.29 is 0 Å². The molecule has 0 radical (unpaired) electrons. The van der Waals surface area contributed by atoms with Crippen LogP contribution in [0.1, 0.15) is 25.7 Å². The van der Waals surface area contributed by atoms with Crippen molar-refractivity contribution in [3.8, 4) is 11.3 Å². The largest absolute Gasteiger partial charge is 0.360 e. The van der Waals surface area contributed by atoms with Crippen LogP contribution < -0.4 is 10.6 Å². The number of rotatable bonds is 4. The van der Waals surface area contributed by atoms with Crippen molar-refractivity contribution in [2.75, 3.05) is 12.4 Å². The molecule has 2 aromatic heterocycles. The molecule has 0 spiro atoms. The molecule has 2 heterocycles. The van der Waals surface area contributed by atoms with Crippen molar-refractivity contribution in [3.05, 3.63) is 41.7 Å². The lowest BCUT2D eigenvalue weighted by Crippen LogP contribution is -2.35. The van der Waals surface area contributed by atoms with E-state index >= 15 is 0 Å². The van der Waals surface area contributed by atoms with Crippen molar-refractivity contribution in [1.82, 2.24) is 20.3 Å². The first kappa shape index (κ1) is 16.4. The van der Waals surface area contributed by atoms with Gasteiger partial charge in [-0.3, -0.25) is 0 Å². The Bertz CT molecular complexity index is 867. The Kier molecular flexibility index (Phi) is 4.59.